The maximum Gasteiger partial charge on any atom is 0.260 e. The number of aliphatic hydroxyl groups excluding tert-OH is 1. The Balaban J connectivity index is 2.50. The lowest BCUT2D eigenvalue weighted by molar-refractivity contribution is -0.127. The second kappa shape index (κ2) is 7.79. The number of rotatable bonds is 7. The molecule has 0 spiro atoms. The van der Waals surface area contributed by atoms with Gasteiger partial charge in [0.15, 0.2) is 6.10 Å². The van der Waals surface area contributed by atoms with Crippen LogP contribution in [0.25, 0.3) is 0 Å². The first kappa shape index (κ1) is 15.5. The molecule has 4 nitrogen and oxygen atoms in total. The zero-order chi connectivity index (χ0) is 14.3. The summed E-state index contributed by atoms with van der Waals surface area (Å²) in [6.45, 7) is 6.16. The summed E-state index contributed by atoms with van der Waals surface area (Å²) in [6, 6.07) is 7.44. The minimum Gasteiger partial charge on any atom is -0.481 e. The predicted molar refractivity (Wildman–Crippen MR) is 75.2 cm³/mol. The van der Waals surface area contributed by atoms with Crippen LogP contribution in [0.3, 0.4) is 0 Å². The van der Waals surface area contributed by atoms with E-state index in [1.54, 1.807) is 13.8 Å². The van der Waals surface area contributed by atoms with Crippen LogP contribution >= 0.6 is 0 Å². The Bertz CT molecular complexity index is 387. The Kier molecular flexibility index (Phi) is 6.36. The van der Waals surface area contributed by atoms with Crippen LogP contribution in [0, 0.1) is 0 Å². The average molecular weight is 265 g/mol. The van der Waals surface area contributed by atoms with E-state index in [2.05, 4.69) is 5.32 Å². The fourth-order valence-corrected chi connectivity index (χ4v) is 1.69. The largest absolute Gasteiger partial charge is 0.481 e. The highest BCUT2D eigenvalue weighted by atomic mass is 16.5. The van der Waals surface area contributed by atoms with Crippen molar-refractivity contribution in [3.63, 3.8) is 0 Å². The summed E-state index contributed by atoms with van der Waals surface area (Å²) in [5.41, 5.74) is 1.05. The van der Waals surface area contributed by atoms with E-state index in [4.69, 9.17) is 4.74 Å². The second-order valence-corrected chi connectivity index (χ2v) is 4.75. The number of nitrogens with one attached hydrogen (secondary N) is 1. The molecule has 0 aliphatic rings. The van der Waals surface area contributed by atoms with Gasteiger partial charge in [-0.25, -0.2) is 0 Å². The molecule has 0 aliphatic heterocycles. The second-order valence-electron chi connectivity index (χ2n) is 4.75. The van der Waals surface area contributed by atoms with Crippen molar-refractivity contribution in [2.24, 2.45) is 0 Å². The fourth-order valence-electron chi connectivity index (χ4n) is 1.69. The molecule has 1 aromatic carbocycles. The molecule has 0 heterocycles. The van der Waals surface area contributed by atoms with Crippen molar-refractivity contribution in [3.05, 3.63) is 29.8 Å². The number of hydrogen-bond acceptors (Lipinski definition) is 3. The van der Waals surface area contributed by atoms with Gasteiger partial charge in [0.1, 0.15) is 5.75 Å². The van der Waals surface area contributed by atoms with Crippen molar-refractivity contribution in [3.8, 4) is 5.75 Å². The molecule has 0 aliphatic carbocycles. The van der Waals surface area contributed by atoms with E-state index in [9.17, 15) is 9.90 Å². The minimum absolute atomic E-state index is 0.102. The maximum absolute atomic E-state index is 11.6. The number of aliphatic hydroxyl groups is 1. The van der Waals surface area contributed by atoms with Gasteiger partial charge < -0.3 is 15.2 Å². The third-order valence-electron chi connectivity index (χ3n) is 2.69. The number of ether oxygens (including phenoxy) is 1. The molecule has 0 fully saturated rings. The summed E-state index contributed by atoms with van der Waals surface area (Å²) in [6.07, 6.45) is 0.666. The van der Waals surface area contributed by atoms with Crippen LogP contribution in [-0.2, 0) is 11.2 Å². The first-order chi connectivity index (χ1) is 9.02. The topological polar surface area (TPSA) is 58.6 Å². The van der Waals surface area contributed by atoms with Gasteiger partial charge in [-0.05, 0) is 44.4 Å². The molecule has 0 radical (unpaired) electrons. The number of benzene rings is 1. The monoisotopic (exact) mass is 265 g/mol. The van der Waals surface area contributed by atoms with Gasteiger partial charge in [0.2, 0.25) is 0 Å². The molecule has 0 aromatic heterocycles. The van der Waals surface area contributed by atoms with Gasteiger partial charge in [0.05, 0.1) is 6.10 Å². The van der Waals surface area contributed by atoms with Crippen LogP contribution in [-0.4, -0.2) is 29.8 Å². The molecule has 2 N–H and O–H groups in total. The van der Waals surface area contributed by atoms with Crippen LogP contribution in [0.15, 0.2) is 24.3 Å². The van der Waals surface area contributed by atoms with E-state index in [0.717, 1.165) is 12.0 Å². The predicted octanol–water partition coefficient (Wildman–Crippen LogP) is 1.90. The average Bonchev–Trinajstić information content (AvgIpc) is 2.37. The van der Waals surface area contributed by atoms with E-state index in [1.165, 1.54) is 0 Å². The number of amides is 1. The Hall–Kier alpha value is -1.55. The third-order valence-corrected chi connectivity index (χ3v) is 2.69. The molecule has 19 heavy (non-hydrogen) atoms. The van der Waals surface area contributed by atoms with Crippen LogP contribution < -0.4 is 10.1 Å². The molecular weight excluding hydrogens is 242 g/mol. The van der Waals surface area contributed by atoms with Crippen LogP contribution in [0.5, 0.6) is 5.75 Å². The molecule has 2 atom stereocenters. The molecule has 0 saturated heterocycles. The molecule has 2 unspecified atom stereocenters. The van der Waals surface area contributed by atoms with Gasteiger partial charge in [-0.2, -0.15) is 0 Å². The SMILES string of the molecule is CCCNC(=O)C(C)Oc1ccc(CC(C)O)cc1. The van der Waals surface area contributed by atoms with Crippen molar-refractivity contribution in [1.82, 2.24) is 5.32 Å². The van der Waals surface area contributed by atoms with Crippen molar-refractivity contribution in [1.29, 1.82) is 0 Å². The maximum atomic E-state index is 11.6. The Labute approximate surface area is 114 Å². The molecule has 1 rings (SSSR count). The normalized spacial score (nSPS) is 13.7. The zero-order valence-electron chi connectivity index (χ0n) is 11.8. The molecular formula is C15H23NO3. The van der Waals surface area contributed by atoms with Crippen molar-refractivity contribution >= 4 is 5.91 Å². The molecule has 0 saturated carbocycles. The Morgan fingerprint density at radius 2 is 1.95 bits per heavy atom. The Morgan fingerprint density at radius 3 is 2.47 bits per heavy atom. The summed E-state index contributed by atoms with van der Waals surface area (Å²) in [7, 11) is 0. The highest BCUT2D eigenvalue weighted by Crippen LogP contribution is 2.15. The lowest BCUT2D eigenvalue weighted by Gasteiger charge is -2.14. The number of hydrogen-bond donors (Lipinski definition) is 2. The summed E-state index contributed by atoms with van der Waals surface area (Å²) in [4.78, 5) is 11.6. The fraction of sp³-hybridized carbons (Fsp3) is 0.533. The van der Waals surface area contributed by atoms with Gasteiger partial charge in [-0.1, -0.05) is 19.1 Å². The van der Waals surface area contributed by atoms with Crippen LogP contribution in [0.2, 0.25) is 0 Å². The van der Waals surface area contributed by atoms with E-state index >= 15 is 0 Å². The zero-order valence-corrected chi connectivity index (χ0v) is 11.8. The quantitative estimate of drug-likeness (QED) is 0.791. The lowest BCUT2D eigenvalue weighted by atomic mass is 10.1. The summed E-state index contributed by atoms with van der Waals surface area (Å²) < 4.78 is 5.56. The van der Waals surface area contributed by atoms with E-state index in [-0.39, 0.29) is 12.0 Å². The van der Waals surface area contributed by atoms with Gasteiger partial charge in [-0.3, -0.25) is 4.79 Å². The molecule has 1 amide bonds. The molecule has 1 aromatic rings. The van der Waals surface area contributed by atoms with E-state index in [1.807, 2.05) is 31.2 Å². The number of carbonyl (C=O) groups is 1. The first-order valence-corrected chi connectivity index (χ1v) is 6.74. The smallest absolute Gasteiger partial charge is 0.260 e. The highest BCUT2D eigenvalue weighted by Gasteiger charge is 2.13. The number of carbonyl (C=O) groups excluding carboxylic acids is 1. The summed E-state index contributed by atoms with van der Waals surface area (Å²) in [5.74, 6) is 0.559. The van der Waals surface area contributed by atoms with Gasteiger partial charge in [-0.15, -0.1) is 0 Å². The van der Waals surface area contributed by atoms with Crippen LogP contribution in [0.4, 0.5) is 0 Å². The van der Waals surface area contributed by atoms with E-state index in [0.29, 0.717) is 18.7 Å². The summed E-state index contributed by atoms with van der Waals surface area (Å²) >= 11 is 0. The van der Waals surface area contributed by atoms with Gasteiger partial charge in [0, 0.05) is 6.54 Å². The lowest BCUT2D eigenvalue weighted by Crippen LogP contribution is -2.36. The standard InChI is InChI=1S/C15H23NO3/c1-4-9-16-15(18)12(3)19-14-7-5-13(6-8-14)10-11(2)17/h5-8,11-12,17H,4,9-10H2,1-3H3,(H,16,18). The van der Waals surface area contributed by atoms with Crippen molar-refractivity contribution in [2.75, 3.05) is 6.54 Å². The Morgan fingerprint density at radius 1 is 1.32 bits per heavy atom. The minimum atomic E-state index is -0.505. The van der Waals surface area contributed by atoms with E-state index < -0.39 is 6.10 Å². The van der Waals surface area contributed by atoms with Gasteiger partial charge >= 0.3 is 0 Å². The van der Waals surface area contributed by atoms with Crippen molar-refractivity contribution in [2.45, 2.75) is 45.8 Å². The summed E-state index contributed by atoms with van der Waals surface area (Å²) in [5, 5.41) is 12.1. The van der Waals surface area contributed by atoms with Crippen molar-refractivity contribution < 1.29 is 14.6 Å². The third kappa shape index (κ3) is 5.75. The van der Waals surface area contributed by atoms with Crippen LogP contribution in [0.1, 0.15) is 32.8 Å². The molecule has 106 valence electrons. The highest BCUT2D eigenvalue weighted by molar-refractivity contribution is 5.80. The molecule has 4 heteroatoms. The first-order valence-electron chi connectivity index (χ1n) is 6.74. The van der Waals surface area contributed by atoms with Gasteiger partial charge in [0.25, 0.3) is 5.91 Å². The molecule has 0 bridgehead atoms.